The molecule has 1 aliphatic carbocycles. The van der Waals surface area contributed by atoms with Crippen molar-refractivity contribution in [2.75, 3.05) is 6.61 Å². The summed E-state index contributed by atoms with van der Waals surface area (Å²) in [5, 5.41) is 3.02. The van der Waals surface area contributed by atoms with Crippen LogP contribution in [0.5, 0.6) is 0 Å². The van der Waals surface area contributed by atoms with E-state index in [0.717, 1.165) is 44.9 Å². The van der Waals surface area contributed by atoms with Crippen molar-refractivity contribution in [1.29, 1.82) is 0 Å². The Balaban J connectivity index is 2.14. The molecule has 1 N–H and O–H groups in total. The standard InChI is InChI=1S/C20H33NO5/c1-4-6-10-13-20(18(23)25-5-2)14(3)16(26-19(20)24)17(22)21-15-11-8-7-9-12-15/h14-16H,4-13H2,1-3H3,(H,21,22)/t14-,16-,20+/m0/s1. The Morgan fingerprint density at radius 3 is 2.50 bits per heavy atom. The Labute approximate surface area is 156 Å². The van der Waals surface area contributed by atoms with Crippen LogP contribution >= 0.6 is 0 Å². The third-order valence-electron chi connectivity index (χ3n) is 5.85. The van der Waals surface area contributed by atoms with Gasteiger partial charge in [0.25, 0.3) is 5.91 Å². The number of esters is 2. The molecule has 1 amide bonds. The molecular formula is C20H33NO5. The van der Waals surface area contributed by atoms with Crippen LogP contribution in [0.1, 0.15) is 78.6 Å². The van der Waals surface area contributed by atoms with Crippen molar-refractivity contribution < 1.29 is 23.9 Å². The third kappa shape index (κ3) is 4.21. The molecule has 0 bridgehead atoms. The SMILES string of the molecule is CCCCC[C@@]1(C(=O)OCC)C(=O)O[C@H](C(=O)NC2CCCCC2)[C@@H]1C. The fourth-order valence-electron chi connectivity index (χ4n) is 4.19. The minimum absolute atomic E-state index is 0.139. The van der Waals surface area contributed by atoms with Crippen LogP contribution in [-0.2, 0) is 23.9 Å². The fraction of sp³-hybridized carbons (Fsp3) is 0.850. The zero-order valence-electron chi connectivity index (χ0n) is 16.3. The first kappa shape index (κ1) is 20.7. The molecule has 0 radical (unpaired) electrons. The summed E-state index contributed by atoms with van der Waals surface area (Å²) in [6, 6.07) is 0.139. The van der Waals surface area contributed by atoms with Crippen LogP contribution in [0.4, 0.5) is 0 Å². The molecule has 2 fully saturated rings. The molecule has 3 atom stereocenters. The highest BCUT2D eigenvalue weighted by Gasteiger charge is 2.62. The molecule has 0 aromatic rings. The Kier molecular flexibility index (Phi) is 7.47. The molecule has 26 heavy (non-hydrogen) atoms. The second kappa shape index (κ2) is 9.38. The Hall–Kier alpha value is -1.59. The number of unbranched alkanes of at least 4 members (excludes halogenated alkanes) is 2. The molecule has 0 unspecified atom stereocenters. The quantitative estimate of drug-likeness (QED) is 0.405. The van der Waals surface area contributed by atoms with Crippen LogP contribution in [0.15, 0.2) is 0 Å². The smallest absolute Gasteiger partial charge is 0.324 e. The summed E-state index contributed by atoms with van der Waals surface area (Å²) in [5.41, 5.74) is -1.36. The summed E-state index contributed by atoms with van der Waals surface area (Å²) < 4.78 is 10.6. The monoisotopic (exact) mass is 367 g/mol. The van der Waals surface area contributed by atoms with Crippen molar-refractivity contribution in [3.05, 3.63) is 0 Å². The van der Waals surface area contributed by atoms with Crippen molar-refractivity contribution in [2.45, 2.75) is 90.7 Å². The lowest BCUT2D eigenvalue weighted by Crippen LogP contribution is -2.47. The zero-order chi connectivity index (χ0) is 19.2. The van der Waals surface area contributed by atoms with Gasteiger partial charge in [-0.2, -0.15) is 0 Å². The third-order valence-corrected chi connectivity index (χ3v) is 5.85. The van der Waals surface area contributed by atoms with Crippen LogP contribution in [-0.4, -0.2) is 36.6 Å². The van der Waals surface area contributed by atoms with Crippen molar-refractivity contribution in [2.24, 2.45) is 11.3 Å². The van der Waals surface area contributed by atoms with E-state index in [9.17, 15) is 14.4 Å². The van der Waals surface area contributed by atoms with Gasteiger partial charge in [0.15, 0.2) is 11.5 Å². The molecule has 148 valence electrons. The van der Waals surface area contributed by atoms with Gasteiger partial charge >= 0.3 is 11.9 Å². The van der Waals surface area contributed by atoms with E-state index in [1.165, 1.54) is 6.42 Å². The summed E-state index contributed by atoms with van der Waals surface area (Å²) in [5.74, 6) is -1.97. The van der Waals surface area contributed by atoms with Gasteiger partial charge in [-0.15, -0.1) is 0 Å². The summed E-state index contributed by atoms with van der Waals surface area (Å²) >= 11 is 0. The number of rotatable bonds is 8. The molecule has 0 spiro atoms. The predicted molar refractivity (Wildman–Crippen MR) is 97.3 cm³/mol. The van der Waals surface area contributed by atoms with Gasteiger partial charge in [-0.25, -0.2) is 0 Å². The van der Waals surface area contributed by atoms with Crippen molar-refractivity contribution in [1.82, 2.24) is 5.32 Å². The van der Waals surface area contributed by atoms with E-state index in [2.05, 4.69) is 12.2 Å². The minimum Gasteiger partial charge on any atom is -0.465 e. The molecule has 0 aromatic heterocycles. The average molecular weight is 367 g/mol. The van der Waals surface area contributed by atoms with Crippen LogP contribution in [0.25, 0.3) is 0 Å². The predicted octanol–water partition coefficient (Wildman–Crippen LogP) is 3.13. The molecule has 6 heteroatoms. The van der Waals surface area contributed by atoms with E-state index in [1.54, 1.807) is 13.8 Å². The highest BCUT2D eigenvalue weighted by Crippen LogP contribution is 2.45. The number of carbonyl (C=O) groups excluding carboxylic acids is 3. The summed E-state index contributed by atoms with van der Waals surface area (Å²) in [6.45, 7) is 5.75. The first-order valence-electron chi connectivity index (χ1n) is 10.2. The van der Waals surface area contributed by atoms with Gasteiger partial charge in [-0.3, -0.25) is 14.4 Å². The molecule has 1 saturated carbocycles. The van der Waals surface area contributed by atoms with Gasteiger partial charge in [-0.05, 0) is 26.2 Å². The average Bonchev–Trinajstić information content (AvgIpc) is 2.88. The summed E-state index contributed by atoms with van der Waals surface area (Å²) in [7, 11) is 0. The number of hydrogen-bond acceptors (Lipinski definition) is 5. The highest BCUT2D eigenvalue weighted by atomic mass is 16.6. The van der Waals surface area contributed by atoms with E-state index in [1.807, 2.05) is 0 Å². The highest BCUT2D eigenvalue weighted by molar-refractivity contribution is 6.04. The van der Waals surface area contributed by atoms with E-state index in [0.29, 0.717) is 6.42 Å². The maximum Gasteiger partial charge on any atom is 0.324 e. The molecule has 1 aliphatic heterocycles. The maximum absolute atomic E-state index is 12.7. The maximum atomic E-state index is 12.7. The zero-order valence-corrected chi connectivity index (χ0v) is 16.3. The number of carbonyl (C=O) groups is 3. The number of hydrogen-bond donors (Lipinski definition) is 1. The summed E-state index contributed by atoms with van der Waals surface area (Å²) in [6.07, 6.45) is 7.40. The van der Waals surface area contributed by atoms with Gasteiger partial charge in [0.05, 0.1) is 6.61 Å². The number of cyclic esters (lactones) is 1. The summed E-state index contributed by atoms with van der Waals surface area (Å²) in [4.78, 5) is 38.1. The van der Waals surface area contributed by atoms with E-state index in [-0.39, 0.29) is 18.6 Å². The molecule has 0 aromatic carbocycles. The largest absolute Gasteiger partial charge is 0.465 e. The Bertz CT molecular complexity index is 514. The first-order chi connectivity index (χ1) is 12.5. The number of amides is 1. The molecule has 2 aliphatic rings. The van der Waals surface area contributed by atoms with Crippen LogP contribution in [0, 0.1) is 11.3 Å². The van der Waals surface area contributed by atoms with Crippen LogP contribution in [0.3, 0.4) is 0 Å². The molecule has 2 rings (SSSR count). The van der Waals surface area contributed by atoms with Crippen molar-refractivity contribution >= 4 is 17.8 Å². The van der Waals surface area contributed by atoms with E-state index < -0.39 is 29.4 Å². The first-order valence-corrected chi connectivity index (χ1v) is 10.2. The second-order valence-electron chi connectivity index (χ2n) is 7.61. The molecule has 1 saturated heterocycles. The van der Waals surface area contributed by atoms with Gasteiger partial charge < -0.3 is 14.8 Å². The van der Waals surface area contributed by atoms with E-state index in [4.69, 9.17) is 9.47 Å². The fourth-order valence-corrected chi connectivity index (χ4v) is 4.19. The van der Waals surface area contributed by atoms with Crippen molar-refractivity contribution in [3.8, 4) is 0 Å². The van der Waals surface area contributed by atoms with Crippen molar-refractivity contribution in [3.63, 3.8) is 0 Å². The van der Waals surface area contributed by atoms with Gasteiger partial charge in [0.1, 0.15) is 0 Å². The van der Waals surface area contributed by atoms with Gasteiger partial charge in [-0.1, -0.05) is 52.4 Å². The van der Waals surface area contributed by atoms with E-state index >= 15 is 0 Å². The van der Waals surface area contributed by atoms with Gasteiger partial charge in [0.2, 0.25) is 0 Å². The van der Waals surface area contributed by atoms with Crippen LogP contribution < -0.4 is 5.32 Å². The second-order valence-corrected chi connectivity index (χ2v) is 7.61. The molecule has 6 nitrogen and oxygen atoms in total. The normalized spacial score (nSPS) is 29.3. The number of ether oxygens (including phenoxy) is 2. The molecular weight excluding hydrogens is 334 g/mol. The van der Waals surface area contributed by atoms with Crippen LogP contribution in [0.2, 0.25) is 0 Å². The molecule has 1 heterocycles. The topological polar surface area (TPSA) is 81.7 Å². The van der Waals surface area contributed by atoms with Gasteiger partial charge in [0, 0.05) is 12.0 Å². The Morgan fingerprint density at radius 2 is 1.88 bits per heavy atom. The lowest BCUT2D eigenvalue weighted by atomic mass is 9.72. The minimum atomic E-state index is -1.36. The Morgan fingerprint density at radius 1 is 1.19 bits per heavy atom. The lowest BCUT2D eigenvalue weighted by Gasteiger charge is -2.28. The number of nitrogens with one attached hydrogen (secondary N) is 1. The lowest BCUT2D eigenvalue weighted by molar-refractivity contribution is -0.167.